The number of halogens is 2. The van der Waals surface area contributed by atoms with Crippen molar-refractivity contribution in [3.8, 4) is 0 Å². The summed E-state index contributed by atoms with van der Waals surface area (Å²) in [4.78, 5) is 6.45. The van der Waals surface area contributed by atoms with Crippen LogP contribution >= 0.6 is 23.2 Å². The van der Waals surface area contributed by atoms with E-state index in [2.05, 4.69) is 9.97 Å². The zero-order valence-corrected chi connectivity index (χ0v) is 12.5. The third-order valence-electron chi connectivity index (χ3n) is 3.86. The Bertz CT molecular complexity index is 858. The molecule has 104 valence electrons. The average molecular weight is 315 g/mol. The van der Waals surface area contributed by atoms with E-state index in [1.54, 1.807) is 0 Å². The summed E-state index contributed by atoms with van der Waals surface area (Å²) in [6.07, 6.45) is 3.76. The van der Waals surface area contributed by atoms with E-state index < -0.39 is 4.33 Å². The Hall–Kier alpha value is -1.90. The van der Waals surface area contributed by atoms with Gasteiger partial charge in [0.05, 0.1) is 0 Å². The van der Waals surface area contributed by atoms with Crippen molar-refractivity contribution in [3.05, 3.63) is 72.1 Å². The van der Waals surface area contributed by atoms with Gasteiger partial charge in [0.2, 0.25) is 0 Å². The molecule has 21 heavy (non-hydrogen) atoms. The zero-order chi connectivity index (χ0) is 14.4. The molecule has 0 saturated carbocycles. The topological polar surface area (TPSA) is 31.6 Å². The Morgan fingerprint density at radius 1 is 0.667 bits per heavy atom. The van der Waals surface area contributed by atoms with E-state index in [0.29, 0.717) is 0 Å². The van der Waals surface area contributed by atoms with Gasteiger partial charge < -0.3 is 9.97 Å². The van der Waals surface area contributed by atoms with Gasteiger partial charge in [-0.05, 0) is 12.1 Å². The number of alkyl halides is 2. The van der Waals surface area contributed by atoms with Crippen molar-refractivity contribution in [1.82, 2.24) is 9.97 Å². The van der Waals surface area contributed by atoms with Crippen LogP contribution in [0.5, 0.6) is 0 Å². The number of hydrogen-bond acceptors (Lipinski definition) is 0. The van der Waals surface area contributed by atoms with E-state index in [1.807, 2.05) is 60.9 Å². The number of fused-ring (bicyclic) bond motifs is 2. The fourth-order valence-electron chi connectivity index (χ4n) is 2.81. The highest BCUT2D eigenvalue weighted by Gasteiger charge is 2.34. The van der Waals surface area contributed by atoms with E-state index in [4.69, 9.17) is 23.2 Å². The van der Waals surface area contributed by atoms with Crippen molar-refractivity contribution in [2.24, 2.45) is 0 Å². The second kappa shape index (κ2) is 4.55. The third kappa shape index (κ3) is 1.87. The van der Waals surface area contributed by atoms with E-state index >= 15 is 0 Å². The Balaban J connectivity index is 1.97. The molecule has 0 amide bonds. The predicted octanol–water partition coefficient (Wildman–Crippen LogP) is 5.33. The number of para-hydroxylation sites is 2. The van der Waals surface area contributed by atoms with Gasteiger partial charge in [-0.15, -0.1) is 0 Å². The van der Waals surface area contributed by atoms with E-state index in [9.17, 15) is 0 Å². The van der Waals surface area contributed by atoms with Crippen LogP contribution in [0, 0.1) is 0 Å². The van der Waals surface area contributed by atoms with E-state index in [-0.39, 0.29) is 0 Å². The molecule has 0 unspecified atom stereocenters. The van der Waals surface area contributed by atoms with Gasteiger partial charge in [0.1, 0.15) is 0 Å². The molecule has 2 aromatic heterocycles. The van der Waals surface area contributed by atoms with Crippen LogP contribution in [0.25, 0.3) is 21.8 Å². The van der Waals surface area contributed by atoms with Crippen LogP contribution in [0.4, 0.5) is 0 Å². The molecule has 0 bridgehead atoms. The summed E-state index contributed by atoms with van der Waals surface area (Å²) in [6, 6.07) is 16.0. The molecule has 0 spiro atoms. The maximum atomic E-state index is 6.75. The molecule has 0 fully saturated rings. The quantitative estimate of drug-likeness (QED) is 0.469. The highest BCUT2D eigenvalue weighted by molar-refractivity contribution is 6.51. The second-order valence-electron chi connectivity index (χ2n) is 5.07. The van der Waals surface area contributed by atoms with Gasteiger partial charge in [0.15, 0.2) is 4.33 Å². The molecule has 0 aliphatic carbocycles. The largest absolute Gasteiger partial charge is 0.361 e. The SMILES string of the molecule is ClC(Cl)(c1c[nH]c2ccccc12)c1c[nH]c2ccccc12. The van der Waals surface area contributed by atoms with Crippen LogP contribution in [0.15, 0.2) is 60.9 Å². The lowest BCUT2D eigenvalue weighted by atomic mass is 10.0. The first kappa shape index (κ1) is 12.8. The number of benzene rings is 2. The smallest absolute Gasteiger partial charge is 0.172 e. The van der Waals surface area contributed by atoms with Crippen LogP contribution in [-0.2, 0) is 4.33 Å². The minimum atomic E-state index is -1.11. The first-order chi connectivity index (χ1) is 10.2. The van der Waals surface area contributed by atoms with Gasteiger partial charge in [-0.3, -0.25) is 0 Å². The first-order valence-corrected chi connectivity index (χ1v) is 7.44. The summed E-state index contributed by atoms with van der Waals surface area (Å²) in [6.45, 7) is 0. The molecule has 2 heterocycles. The molecule has 4 rings (SSSR count). The minimum absolute atomic E-state index is 0.867. The molecule has 4 heteroatoms. The van der Waals surface area contributed by atoms with Gasteiger partial charge in [0, 0.05) is 45.3 Å². The maximum Gasteiger partial charge on any atom is 0.172 e. The molecule has 0 saturated heterocycles. The lowest BCUT2D eigenvalue weighted by Crippen LogP contribution is -2.11. The van der Waals surface area contributed by atoms with Gasteiger partial charge in [-0.2, -0.15) is 0 Å². The highest BCUT2D eigenvalue weighted by atomic mass is 35.5. The van der Waals surface area contributed by atoms with Crippen LogP contribution in [0.2, 0.25) is 0 Å². The lowest BCUT2D eigenvalue weighted by molar-refractivity contribution is 1.06. The summed E-state index contributed by atoms with van der Waals surface area (Å²) in [7, 11) is 0. The van der Waals surface area contributed by atoms with Gasteiger partial charge >= 0.3 is 0 Å². The average Bonchev–Trinajstić information content (AvgIpc) is 3.12. The maximum absolute atomic E-state index is 6.75. The summed E-state index contributed by atoms with van der Waals surface area (Å²) < 4.78 is -1.11. The van der Waals surface area contributed by atoms with Crippen LogP contribution in [0.3, 0.4) is 0 Å². The van der Waals surface area contributed by atoms with Gasteiger partial charge in [-0.1, -0.05) is 59.6 Å². The molecule has 0 atom stereocenters. The summed E-state index contributed by atoms with van der Waals surface area (Å²) >= 11 is 13.5. The number of H-pyrrole nitrogens is 2. The van der Waals surface area contributed by atoms with Gasteiger partial charge in [-0.25, -0.2) is 0 Å². The number of hydrogen-bond donors (Lipinski definition) is 2. The molecule has 4 aromatic rings. The van der Waals surface area contributed by atoms with Crippen LogP contribution < -0.4 is 0 Å². The Labute approximate surface area is 131 Å². The van der Waals surface area contributed by atoms with Crippen molar-refractivity contribution in [2.45, 2.75) is 4.33 Å². The fourth-order valence-corrected chi connectivity index (χ4v) is 3.43. The number of aromatic nitrogens is 2. The molecule has 2 nitrogen and oxygen atoms in total. The highest BCUT2D eigenvalue weighted by Crippen LogP contribution is 2.46. The molecule has 0 aliphatic rings. The summed E-state index contributed by atoms with van der Waals surface area (Å²) in [5, 5.41) is 2.07. The van der Waals surface area contributed by atoms with Crippen molar-refractivity contribution in [1.29, 1.82) is 0 Å². The van der Waals surface area contributed by atoms with Crippen LogP contribution in [-0.4, -0.2) is 9.97 Å². The molecular formula is C17H12Cl2N2. The normalized spacial score (nSPS) is 12.3. The summed E-state index contributed by atoms with van der Waals surface area (Å²) in [5.41, 5.74) is 3.79. The van der Waals surface area contributed by atoms with Crippen molar-refractivity contribution < 1.29 is 0 Å². The van der Waals surface area contributed by atoms with E-state index in [1.165, 1.54) is 0 Å². The lowest BCUT2D eigenvalue weighted by Gasteiger charge is -2.18. The Morgan fingerprint density at radius 3 is 1.57 bits per heavy atom. The first-order valence-electron chi connectivity index (χ1n) is 6.69. The Morgan fingerprint density at radius 2 is 1.10 bits per heavy atom. The molecule has 0 aliphatic heterocycles. The van der Waals surface area contributed by atoms with Crippen molar-refractivity contribution in [2.75, 3.05) is 0 Å². The zero-order valence-electron chi connectivity index (χ0n) is 11.0. The number of nitrogens with one attached hydrogen (secondary N) is 2. The summed E-state index contributed by atoms with van der Waals surface area (Å²) in [5.74, 6) is 0. The minimum Gasteiger partial charge on any atom is -0.361 e. The Kier molecular flexibility index (Phi) is 2.78. The standard InChI is InChI=1S/C17H12Cl2N2/c18-17(19,13-9-20-15-7-3-1-5-11(13)15)14-10-21-16-8-4-2-6-12(14)16/h1-10,20-21H. The molecule has 2 N–H and O–H groups in total. The fraction of sp³-hybridized carbons (Fsp3) is 0.0588. The third-order valence-corrected chi connectivity index (χ3v) is 4.67. The van der Waals surface area contributed by atoms with Crippen molar-refractivity contribution in [3.63, 3.8) is 0 Å². The molecular weight excluding hydrogens is 303 g/mol. The van der Waals surface area contributed by atoms with E-state index in [0.717, 1.165) is 32.9 Å². The second-order valence-corrected chi connectivity index (χ2v) is 6.40. The van der Waals surface area contributed by atoms with Gasteiger partial charge in [0.25, 0.3) is 0 Å². The molecule has 0 radical (unpaired) electrons. The number of aromatic amines is 2. The monoisotopic (exact) mass is 314 g/mol. The number of rotatable bonds is 2. The molecule has 2 aromatic carbocycles. The predicted molar refractivity (Wildman–Crippen MR) is 89.1 cm³/mol. The van der Waals surface area contributed by atoms with Crippen molar-refractivity contribution >= 4 is 45.0 Å². The van der Waals surface area contributed by atoms with Crippen LogP contribution in [0.1, 0.15) is 11.1 Å².